The van der Waals surface area contributed by atoms with Crippen LogP contribution >= 0.6 is 34.7 Å². The molecule has 1 saturated heterocycles. The van der Waals surface area contributed by atoms with Crippen molar-refractivity contribution in [1.29, 1.82) is 0 Å². The van der Waals surface area contributed by atoms with Crippen molar-refractivity contribution < 1.29 is 0 Å². The van der Waals surface area contributed by atoms with E-state index in [1.54, 1.807) is 11.3 Å². The molecule has 1 aromatic heterocycles. The minimum absolute atomic E-state index is 0.434. The molecular weight excluding hydrogens is 246 g/mol. The molecule has 0 amide bonds. The van der Waals surface area contributed by atoms with Crippen LogP contribution in [0.4, 0.5) is 0 Å². The lowest BCUT2D eigenvalue weighted by Crippen LogP contribution is -2.25. The maximum absolute atomic E-state index is 5.92. The van der Waals surface area contributed by atoms with Gasteiger partial charge in [0.05, 0.1) is 4.34 Å². The lowest BCUT2D eigenvalue weighted by atomic mass is 10.2. The second-order valence-corrected chi connectivity index (χ2v) is 7.06. The van der Waals surface area contributed by atoms with Crippen LogP contribution in [-0.2, 0) is 0 Å². The fourth-order valence-corrected chi connectivity index (χ4v) is 4.08. The normalized spacial score (nSPS) is 23.2. The minimum Gasteiger partial charge on any atom is -0.308 e. The number of hydrogen-bond acceptors (Lipinski definition) is 3. The Kier molecular flexibility index (Phi) is 4.38. The summed E-state index contributed by atoms with van der Waals surface area (Å²) < 4.78 is 0.883. The zero-order valence-electron chi connectivity index (χ0n) is 8.83. The van der Waals surface area contributed by atoms with Crippen molar-refractivity contribution >= 4 is 34.7 Å². The Balaban J connectivity index is 1.79. The zero-order valence-corrected chi connectivity index (χ0v) is 11.2. The van der Waals surface area contributed by atoms with Crippen LogP contribution < -0.4 is 5.32 Å². The fraction of sp³-hybridized carbons (Fsp3) is 0.636. The van der Waals surface area contributed by atoms with Crippen LogP contribution in [0.5, 0.6) is 0 Å². The Hall–Kier alpha value is 0.300. The molecule has 0 saturated carbocycles. The standard InChI is InChI=1S/C11H16ClNS2/c1-8(10-4-5-11(12)15-10)13-7-9-3-2-6-14-9/h4-5,8-9,13H,2-3,6-7H2,1H3. The van der Waals surface area contributed by atoms with Gasteiger partial charge in [-0.2, -0.15) is 11.8 Å². The molecule has 4 heteroatoms. The Morgan fingerprint density at radius 2 is 2.47 bits per heavy atom. The Labute approximate surface area is 105 Å². The summed E-state index contributed by atoms with van der Waals surface area (Å²) in [5.74, 6) is 1.34. The molecule has 1 aromatic rings. The summed E-state index contributed by atoms with van der Waals surface area (Å²) >= 11 is 9.69. The van der Waals surface area contributed by atoms with Gasteiger partial charge in [-0.1, -0.05) is 11.6 Å². The smallest absolute Gasteiger partial charge is 0.0931 e. The van der Waals surface area contributed by atoms with E-state index >= 15 is 0 Å². The van der Waals surface area contributed by atoms with E-state index in [1.165, 1.54) is 23.5 Å². The first-order valence-electron chi connectivity index (χ1n) is 5.36. The van der Waals surface area contributed by atoms with Gasteiger partial charge in [0, 0.05) is 22.7 Å². The topological polar surface area (TPSA) is 12.0 Å². The molecule has 2 heterocycles. The summed E-state index contributed by atoms with van der Waals surface area (Å²) in [5.41, 5.74) is 0. The molecule has 1 aliphatic rings. The van der Waals surface area contributed by atoms with Gasteiger partial charge in [-0.05, 0) is 37.7 Å². The molecule has 2 rings (SSSR count). The minimum atomic E-state index is 0.434. The first-order chi connectivity index (χ1) is 7.25. The number of halogens is 1. The maximum Gasteiger partial charge on any atom is 0.0931 e. The van der Waals surface area contributed by atoms with Gasteiger partial charge >= 0.3 is 0 Å². The molecule has 2 atom stereocenters. The van der Waals surface area contributed by atoms with E-state index in [1.807, 2.05) is 6.07 Å². The zero-order chi connectivity index (χ0) is 10.7. The monoisotopic (exact) mass is 261 g/mol. The van der Waals surface area contributed by atoms with Crippen molar-refractivity contribution in [3.05, 3.63) is 21.3 Å². The summed E-state index contributed by atoms with van der Waals surface area (Å²) in [6.45, 7) is 3.34. The van der Waals surface area contributed by atoms with Crippen LogP contribution in [0, 0.1) is 0 Å². The van der Waals surface area contributed by atoms with Gasteiger partial charge in [0.25, 0.3) is 0 Å². The molecule has 15 heavy (non-hydrogen) atoms. The highest BCUT2D eigenvalue weighted by Gasteiger charge is 2.16. The third-order valence-corrected chi connectivity index (χ3v) is 5.51. The second-order valence-electron chi connectivity index (χ2n) is 3.91. The number of hydrogen-bond donors (Lipinski definition) is 1. The van der Waals surface area contributed by atoms with E-state index in [9.17, 15) is 0 Å². The molecule has 1 fully saturated rings. The highest BCUT2D eigenvalue weighted by molar-refractivity contribution is 8.00. The predicted molar refractivity (Wildman–Crippen MR) is 71.2 cm³/mol. The van der Waals surface area contributed by atoms with E-state index in [0.717, 1.165) is 16.1 Å². The number of thiophene rings is 1. The van der Waals surface area contributed by atoms with Crippen LogP contribution in [0.15, 0.2) is 12.1 Å². The van der Waals surface area contributed by atoms with Crippen molar-refractivity contribution in [2.24, 2.45) is 0 Å². The third kappa shape index (κ3) is 3.38. The van der Waals surface area contributed by atoms with Gasteiger partial charge in [0.1, 0.15) is 0 Å². The maximum atomic E-state index is 5.92. The Morgan fingerprint density at radius 1 is 1.60 bits per heavy atom. The summed E-state index contributed by atoms with van der Waals surface area (Å²) in [5, 5.41) is 4.41. The quantitative estimate of drug-likeness (QED) is 0.881. The molecule has 1 N–H and O–H groups in total. The molecule has 2 unspecified atom stereocenters. The van der Waals surface area contributed by atoms with Gasteiger partial charge in [0.15, 0.2) is 0 Å². The van der Waals surface area contributed by atoms with Crippen molar-refractivity contribution in [2.75, 3.05) is 12.3 Å². The average molecular weight is 262 g/mol. The van der Waals surface area contributed by atoms with Crippen molar-refractivity contribution in [1.82, 2.24) is 5.32 Å². The van der Waals surface area contributed by atoms with Gasteiger partial charge in [0.2, 0.25) is 0 Å². The average Bonchev–Trinajstić information content (AvgIpc) is 2.84. The van der Waals surface area contributed by atoms with Gasteiger partial charge in [-0.3, -0.25) is 0 Å². The Morgan fingerprint density at radius 3 is 3.07 bits per heavy atom. The Bertz CT molecular complexity index is 307. The van der Waals surface area contributed by atoms with E-state index in [-0.39, 0.29) is 0 Å². The lowest BCUT2D eigenvalue weighted by molar-refractivity contribution is 0.566. The van der Waals surface area contributed by atoms with Crippen LogP contribution in [0.3, 0.4) is 0 Å². The predicted octanol–water partition coefficient (Wildman–Crippen LogP) is 3.95. The lowest BCUT2D eigenvalue weighted by Gasteiger charge is -2.15. The van der Waals surface area contributed by atoms with E-state index in [2.05, 4.69) is 30.1 Å². The fourth-order valence-electron chi connectivity index (χ4n) is 1.78. The third-order valence-electron chi connectivity index (χ3n) is 2.70. The summed E-state index contributed by atoms with van der Waals surface area (Å²) in [6, 6.07) is 4.53. The van der Waals surface area contributed by atoms with Crippen LogP contribution in [0.25, 0.3) is 0 Å². The second kappa shape index (κ2) is 5.58. The molecule has 1 nitrogen and oxygen atoms in total. The molecule has 0 aromatic carbocycles. The number of nitrogens with one attached hydrogen (secondary N) is 1. The highest BCUT2D eigenvalue weighted by Crippen LogP contribution is 2.28. The van der Waals surface area contributed by atoms with Crippen LogP contribution in [0.1, 0.15) is 30.7 Å². The largest absolute Gasteiger partial charge is 0.308 e. The van der Waals surface area contributed by atoms with Crippen molar-refractivity contribution in [3.8, 4) is 0 Å². The molecule has 0 aliphatic carbocycles. The number of rotatable bonds is 4. The van der Waals surface area contributed by atoms with E-state index in [0.29, 0.717) is 6.04 Å². The van der Waals surface area contributed by atoms with Gasteiger partial charge in [-0.25, -0.2) is 0 Å². The molecule has 0 bridgehead atoms. The van der Waals surface area contributed by atoms with Gasteiger partial charge < -0.3 is 5.32 Å². The summed E-state index contributed by atoms with van der Waals surface area (Å²) in [6.07, 6.45) is 2.76. The first kappa shape index (κ1) is 11.8. The summed E-state index contributed by atoms with van der Waals surface area (Å²) in [4.78, 5) is 1.34. The van der Waals surface area contributed by atoms with E-state index in [4.69, 9.17) is 11.6 Å². The summed E-state index contributed by atoms with van der Waals surface area (Å²) in [7, 11) is 0. The molecular formula is C11H16ClNS2. The van der Waals surface area contributed by atoms with Crippen molar-refractivity contribution in [3.63, 3.8) is 0 Å². The molecule has 1 aliphatic heterocycles. The van der Waals surface area contributed by atoms with Crippen LogP contribution in [-0.4, -0.2) is 17.5 Å². The number of thioether (sulfide) groups is 1. The SMILES string of the molecule is CC(NCC1CCCS1)c1ccc(Cl)s1. The molecule has 0 radical (unpaired) electrons. The molecule has 84 valence electrons. The van der Waals surface area contributed by atoms with Gasteiger partial charge in [-0.15, -0.1) is 11.3 Å². The first-order valence-corrected chi connectivity index (χ1v) is 7.60. The molecule has 0 spiro atoms. The highest BCUT2D eigenvalue weighted by atomic mass is 35.5. The van der Waals surface area contributed by atoms with E-state index < -0.39 is 0 Å². The van der Waals surface area contributed by atoms with Crippen LogP contribution in [0.2, 0.25) is 4.34 Å². The van der Waals surface area contributed by atoms with Crippen molar-refractivity contribution in [2.45, 2.75) is 31.1 Å².